The quantitative estimate of drug-likeness (QED) is 0.411. The van der Waals surface area contributed by atoms with E-state index in [0.717, 1.165) is 0 Å². The first kappa shape index (κ1) is 4.59. The highest BCUT2D eigenvalue weighted by Crippen LogP contribution is 2.11. The van der Waals surface area contributed by atoms with Crippen LogP contribution in [0.1, 0.15) is 6.92 Å². The minimum Gasteiger partial charge on any atom is -0.457 e. The Morgan fingerprint density at radius 3 is 2.43 bits per heavy atom. The maximum atomic E-state index is 9.97. The number of hydrogen-bond donors (Lipinski definition) is 1. The van der Waals surface area contributed by atoms with Gasteiger partial charge in [0.25, 0.3) is 0 Å². The van der Waals surface area contributed by atoms with Crippen LogP contribution in [-0.2, 0) is 9.53 Å². The molecular formula is C4H6O3. The number of carbonyl (C=O) groups excluding carboxylic acids is 1. The summed E-state index contributed by atoms with van der Waals surface area (Å²) in [6.45, 7) is 1.64. The summed E-state index contributed by atoms with van der Waals surface area (Å²) < 4.78 is 4.36. The van der Waals surface area contributed by atoms with Gasteiger partial charge in [-0.1, -0.05) is 0 Å². The first-order valence-electron chi connectivity index (χ1n) is 2.10. The van der Waals surface area contributed by atoms with Crippen molar-refractivity contribution in [2.24, 2.45) is 0 Å². The van der Waals surface area contributed by atoms with Crippen LogP contribution in [0.15, 0.2) is 0 Å². The third-order valence-electron chi connectivity index (χ3n) is 0.988. The number of hydrogen-bond acceptors (Lipinski definition) is 3. The van der Waals surface area contributed by atoms with Gasteiger partial charge in [-0.25, -0.2) is 4.79 Å². The summed E-state index contributed by atoms with van der Waals surface area (Å²) in [5.41, 5.74) is 0. The van der Waals surface area contributed by atoms with E-state index < -0.39 is 12.1 Å². The smallest absolute Gasteiger partial charge is 0.339 e. The monoisotopic (exact) mass is 102 g/mol. The van der Waals surface area contributed by atoms with Crippen LogP contribution < -0.4 is 0 Å². The highest BCUT2D eigenvalue weighted by Gasteiger charge is 2.36. The Bertz CT molecular complexity index is 99.1. The van der Waals surface area contributed by atoms with Gasteiger partial charge < -0.3 is 9.84 Å². The largest absolute Gasteiger partial charge is 0.457 e. The predicted octanol–water partition coefficient (Wildman–Crippen LogP) is -0.707. The molecule has 0 aromatic rings. The lowest BCUT2D eigenvalue weighted by atomic mass is 10.1. The molecule has 0 aromatic carbocycles. The molecule has 1 N–H and O–H groups in total. The molecule has 0 saturated carbocycles. The van der Waals surface area contributed by atoms with Gasteiger partial charge in [0.05, 0.1) is 0 Å². The van der Waals surface area contributed by atoms with E-state index in [1.807, 2.05) is 0 Å². The zero-order valence-corrected chi connectivity index (χ0v) is 3.92. The fourth-order valence-corrected chi connectivity index (χ4v) is 0.437. The molecule has 7 heavy (non-hydrogen) atoms. The Morgan fingerprint density at radius 2 is 2.43 bits per heavy atom. The summed E-state index contributed by atoms with van der Waals surface area (Å²) >= 11 is 0. The van der Waals surface area contributed by atoms with Crippen LogP contribution in [0.2, 0.25) is 0 Å². The highest BCUT2D eigenvalue weighted by molar-refractivity contribution is 5.80. The molecule has 40 valence electrons. The Labute approximate surface area is 40.9 Å². The second kappa shape index (κ2) is 1.20. The zero-order valence-electron chi connectivity index (χ0n) is 3.92. The molecule has 0 aromatic heterocycles. The number of esters is 1. The van der Waals surface area contributed by atoms with Crippen molar-refractivity contribution in [1.29, 1.82) is 0 Å². The highest BCUT2D eigenvalue weighted by atomic mass is 16.6. The van der Waals surface area contributed by atoms with E-state index >= 15 is 0 Å². The molecule has 1 rings (SSSR count). The molecular weight excluding hydrogens is 96.0 g/mol. The first-order chi connectivity index (χ1) is 3.22. The van der Waals surface area contributed by atoms with E-state index in [1.54, 1.807) is 6.92 Å². The van der Waals surface area contributed by atoms with E-state index in [1.165, 1.54) is 0 Å². The molecule has 0 radical (unpaired) electrons. The van der Waals surface area contributed by atoms with Crippen molar-refractivity contribution in [2.75, 3.05) is 0 Å². The predicted molar refractivity (Wildman–Crippen MR) is 21.6 cm³/mol. The molecule has 1 saturated heterocycles. The Balaban J connectivity index is 2.43. The fraction of sp³-hybridized carbons (Fsp3) is 0.750. The van der Waals surface area contributed by atoms with Crippen LogP contribution in [0.5, 0.6) is 0 Å². The maximum absolute atomic E-state index is 9.97. The second-order valence-corrected chi connectivity index (χ2v) is 1.59. The van der Waals surface area contributed by atoms with Gasteiger partial charge >= 0.3 is 5.97 Å². The Hall–Kier alpha value is -0.570. The molecule has 1 aliphatic heterocycles. The summed E-state index contributed by atoms with van der Waals surface area (Å²) in [4.78, 5) is 9.97. The summed E-state index contributed by atoms with van der Waals surface area (Å²) in [6.07, 6.45) is -1.15. The van der Waals surface area contributed by atoms with Crippen LogP contribution in [0, 0.1) is 0 Å². The minimum absolute atomic E-state index is 0.285. The van der Waals surface area contributed by atoms with Gasteiger partial charge in [0.2, 0.25) is 0 Å². The van der Waals surface area contributed by atoms with Crippen LogP contribution in [-0.4, -0.2) is 23.3 Å². The SMILES string of the molecule is CC1OC(=O)[C@H]1O. The van der Waals surface area contributed by atoms with Crippen LogP contribution in [0.3, 0.4) is 0 Å². The summed E-state index contributed by atoms with van der Waals surface area (Å²) in [5.74, 6) is -0.507. The molecule has 3 heteroatoms. The lowest BCUT2D eigenvalue weighted by Gasteiger charge is -2.27. The topological polar surface area (TPSA) is 46.5 Å². The normalized spacial score (nSPS) is 39.4. The third kappa shape index (κ3) is 0.489. The van der Waals surface area contributed by atoms with Crippen molar-refractivity contribution in [1.82, 2.24) is 0 Å². The van der Waals surface area contributed by atoms with Crippen molar-refractivity contribution < 1.29 is 14.6 Å². The van der Waals surface area contributed by atoms with Gasteiger partial charge in [0.15, 0.2) is 6.10 Å². The standard InChI is InChI=1S/C4H6O3/c1-2-3(5)4(6)7-2/h2-3,5H,1H3/t2?,3-/m0/s1. The van der Waals surface area contributed by atoms with Gasteiger partial charge in [-0.3, -0.25) is 0 Å². The van der Waals surface area contributed by atoms with Gasteiger partial charge in [0.1, 0.15) is 6.10 Å². The third-order valence-corrected chi connectivity index (χ3v) is 0.988. The van der Waals surface area contributed by atoms with Crippen molar-refractivity contribution in [3.05, 3.63) is 0 Å². The molecule has 0 bridgehead atoms. The zero-order chi connectivity index (χ0) is 5.44. The average molecular weight is 102 g/mol. The first-order valence-corrected chi connectivity index (χ1v) is 2.10. The Morgan fingerprint density at radius 1 is 1.86 bits per heavy atom. The summed E-state index contributed by atoms with van der Waals surface area (Å²) in [6, 6.07) is 0. The van der Waals surface area contributed by atoms with Crippen molar-refractivity contribution in [3.63, 3.8) is 0 Å². The number of ether oxygens (including phenoxy) is 1. The number of carbonyl (C=O) groups is 1. The number of aliphatic hydroxyl groups is 1. The summed E-state index contributed by atoms with van der Waals surface area (Å²) in [7, 11) is 0. The van der Waals surface area contributed by atoms with Crippen molar-refractivity contribution in [2.45, 2.75) is 19.1 Å². The van der Waals surface area contributed by atoms with E-state index in [2.05, 4.69) is 4.74 Å². The molecule has 3 nitrogen and oxygen atoms in total. The van der Waals surface area contributed by atoms with E-state index in [4.69, 9.17) is 5.11 Å². The number of aliphatic hydroxyl groups excluding tert-OH is 1. The lowest BCUT2D eigenvalue weighted by molar-refractivity contribution is -0.194. The maximum Gasteiger partial charge on any atom is 0.339 e. The van der Waals surface area contributed by atoms with Crippen LogP contribution >= 0.6 is 0 Å². The molecule has 2 atom stereocenters. The van der Waals surface area contributed by atoms with Crippen molar-refractivity contribution in [3.8, 4) is 0 Å². The number of rotatable bonds is 0. The minimum atomic E-state index is -0.861. The Kier molecular flexibility index (Phi) is 0.785. The average Bonchev–Trinajstić information content (AvgIpc) is 1.68. The fourth-order valence-electron chi connectivity index (χ4n) is 0.437. The molecule has 0 spiro atoms. The van der Waals surface area contributed by atoms with E-state index in [-0.39, 0.29) is 6.10 Å². The molecule has 0 amide bonds. The van der Waals surface area contributed by atoms with Gasteiger partial charge in [0, 0.05) is 0 Å². The van der Waals surface area contributed by atoms with Crippen molar-refractivity contribution >= 4 is 5.97 Å². The van der Waals surface area contributed by atoms with Crippen LogP contribution in [0.25, 0.3) is 0 Å². The van der Waals surface area contributed by atoms with Gasteiger partial charge in [-0.15, -0.1) is 0 Å². The molecule has 1 aliphatic rings. The van der Waals surface area contributed by atoms with Gasteiger partial charge in [-0.2, -0.15) is 0 Å². The molecule has 0 aliphatic carbocycles. The molecule has 1 heterocycles. The van der Waals surface area contributed by atoms with Gasteiger partial charge in [-0.05, 0) is 6.92 Å². The number of cyclic esters (lactones) is 1. The van der Waals surface area contributed by atoms with E-state index in [9.17, 15) is 4.79 Å². The second-order valence-electron chi connectivity index (χ2n) is 1.59. The molecule has 1 unspecified atom stereocenters. The summed E-state index contributed by atoms with van der Waals surface area (Å²) in [5, 5.41) is 8.51. The van der Waals surface area contributed by atoms with E-state index in [0.29, 0.717) is 0 Å². The van der Waals surface area contributed by atoms with Crippen LogP contribution in [0.4, 0.5) is 0 Å². The lowest BCUT2D eigenvalue weighted by Crippen LogP contribution is -2.47. The molecule has 1 fully saturated rings.